The molecule has 6 nitrogen and oxygen atoms in total. The van der Waals surface area contributed by atoms with Gasteiger partial charge in [-0.05, 0) is 30.7 Å². The van der Waals surface area contributed by atoms with E-state index in [9.17, 15) is 9.59 Å². The number of anilines is 1. The summed E-state index contributed by atoms with van der Waals surface area (Å²) in [5, 5.41) is 3.06. The van der Waals surface area contributed by atoms with E-state index < -0.39 is 17.8 Å². The number of ether oxygens (including phenoxy) is 2. The summed E-state index contributed by atoms with van der Waals surface area (Å²) in [5.74, 6) is -1.58. The molecule has 0 aliphatic carbocycles. The van der Waals surface area contributed by atoms with E-state index in [1.807, 2.05) is 31.2 Å². The van der Waals surface area contributed by atoms with Crippen LogP contribution in [-0.4, -0.2) is 31.3 Å². The topological polar surface area (TPSA) is 77.0 Å². The van der Waals surface area contributed by atoms with E-state index in [1.54, 1.807) is 18.2 Å². The smallest absolute Gasteiger partial charge is 0.324 e. The Morgan fingerprint density at radius 3 is 2.78 bits per heavy atom. The molecule has 0 saturated heterocycles. The van der Waals surface area contributed by atoms with Crippen LogP contribution in [0.3, 0.4) is 0 Å². The van der Waals surface area contributed by atoms with Crippen LogP contribution in [-0.2, 0) is 20.9 Å². The van der Waals surface area contributed by atoms with Crippen molar-refractivity contribution < 1.29 is 19.1 Å². The number of para-hydroxylation sites is 1. The molecule has 0 radical (unpaired) electrons. The lowest BCUT2D eigenvalue weighted by Crippen LogP contribution is -2.41. The van der Waals surface area contributed by atoms with E-state index in [2.05, 4.69) is 10.3 Å². The van der Waals surface area contributed by atoms with E-state index in [0.29, 0.717) is 28.6 Å². The Hall–Kier alpha value is -2.86. The Balaban J connectivity index is 2.02. The summed E-state index contributed by atoms with van der Waals surface area (Å²) >= 11 is 6.20. The summed E-state index contributed by atoms with van der Waals surface area (Å²) in [6, 6.07) is 12.7. The number of fused-ring (bicyclic) bond motifs is 1. The summed E-state index contributed by atoms with van der Waals surface area (Å²) in [6.07, 6.45) is 0. The van der Waals surface area contributed by atoms with Gasteiger partial charge in [0.05, 0.1) is 36.7 Å². The Morgan fingerprint density at radius 2 is 2.04 bits per heavy atom. The molecular formula is C20H19ClN2O4. The van der Waals surface area contributed by atoms with Crippen LogP contribution in [0, 0.1) is 5.92 Å². The maximum atomic E-state index is 12.5. The van der Waals surface area contributed by atoms with Crippen LogP contribution in [0.1, 0.15) is 18.1 Å². The second kappa shape index (κ2) is 8.22. The van der Waals surface area contributed by atoms with Gasteiger partial charge in [-0.15, -0.1) is 0 Å². The van der Waals surface area contributed by atoms with Crippen LogP contribution in [0.4, 0.5) is 5.69 Å². The summed E-state index contributed by atoms with van der Waals surface area (Å²) < 4.78 is 10.3. The number of nitrogens with one attached hydrogen (secondary N) is 1. The van der Waals surface area contributed by atoms with Crippen LogP contribution >= 0.6 is 11.6 Å². The highest BCUT2D eigenvalue weighted by molar-refractivity contribution is 6.38. The van der Waals surface area contributed by atoms with Crippen LogP contribution in [0.25, 0.3) is 0 Å². The molecule has 0 bridgehead atoms. The summed E-state index contributed by atoms with van der Waals surface area (Å²) in [6.45, 7) is 2.76. The largest absolute Gasteiger partial charge is 0.494 e. The number of benzene rings is 2. The minimum Gasteiger partial charge on any atom is -0.494 e. The summed E-state index contributed by atoms with van der Waals surface area (Å²) in [4.78, 5) is 29.3. The lowest BCUT2D eigenvalue weighted by molar-refractivity contribution is -0.145. The van der Waals surface area contributed by atoms with Crippen LogP contribution < -0.4 is 10.1 Å². The predicted molar refractivity (Wildman–Crippen MR) is 103 cm³/mol. The van der Waals surface area contributed by atoms with Crippen molar-refractivity contribution in [1.29, 1.82) is 0 Å². The van der Waals surface area contributed by atoms with Gasteiger partial charge in [0.15, 0.2) is 5.92 Å². The van der Waals surface area contributed by atoms with Gasteiger partial charge in [0.1, 0.15) is 5.75 Å². The van der Waals surface area contributed by atoms with Crippen molar-refractivity contribution in [2.24, 2.45) is 10.9 Å². The Morgan fingerprint density at radius 1 is 1.26 bits per heavy atom. The quantitative estimate of drug-likeness (QED) is 0.630. The second-order valence-corrected chi connectivity index (χ2v) is 6.30. The SMILES string of the molecule is CCOc1cccc(CN=C2c3cccc(Cl)c3NC(=O)C2C(=O)OC)c1. The van der Waals surface area contributed by atoms with Crippen LogP contribution in [0.5, 0.6) is 5.75 Å². The molecule has 1 aliphatic heterocycles. The van der Waals surface area contributed by atoms with Crippen molar-refractivity contribution >= 4 is 34.9 Å². The van der Waals surface area contributed by atoms with Gasteiger partial charge in [-0.2, -0.15) is 0 Å². The fourth-order valence-electron chi connectivity index (χ4n) is 2.93. The molecule has 0 spiro atoms. The number of aliphatic imine (C=N–C) groups is 1. The van der Waals surface area contributed by atoms with Crippen molar-refractivity contribution in [2.75, 3.05) is 19.0 Å². The number of hydrogen-bond donors (Lipinski definition) is 1. The van der Waals surface area contributed by atoms with Crippen LogP contribution in [0.15, 0.2) is 47.5 Å². The van der Waals surface area contributed by atoms with Crippen molar-refractivity contribution in [1.82, 2.24) is 0 Å². The number of halogens is 1. The molecule has 1 N–H and O–H groups in total. The molecule has 1 unspecified atom stereocenters. The second-order valence-electron chi connectivity index (χ2n) is 5.89. The number of amides is 1. The van der Waals surface area contributed by atoms with Crippen molar-refractivity contribution in [3.63, 3.8) is 0 Å². The molecular weight excluding hydrogens is 368 g/mol. The van der Waals surface area contributed by atoms with Gasteiger partial charge in [0.25, 0.3) is 0 Å². The molecule has 0 saturated carbocycles. The first-order valence-corrected chi connectivity index (χ1v) is 8.86. The highest BCUT2D eigenvalue weighted by atomic mass is 35.5. The number of methoxy groups -OCH3 is 1. The van der Waals surface area contributed by atoms with E-state index in [-0.39, 0.29) is 6.54 Å². The number of nitrogens with zero attached hydrogens (tertiary/aromatic N) is 1. The number of carbonyl (C=O) groups excluding carboxylic acids is 2. The molecule has 2 aromatic rings. The number of carbonyl (C=O) groups is 2. The van der Waals surface area contributed by atoms with Gasteiger partial charge in [-0.25, -0.2) is 0 Å². The van der Waals surface area contributed by atoms with Gasteiger partial charge in [-0.1, -0.05) is 35.9 Å². The van der Waals surface area contributed by atoms with E-state index in [0.717, 1.165) is 11.3 Å². The third kappa shape index (κ3) is 3.95. The average molecular weight is 387 g/mol. The first kappa shape index (κ1) is 18.9. The maximum absolute atomic E-state index is 12.5. The minimum absolute atomic E-state index is 0.281. The zero-order chi connectivity index (χ0) is 19.4. The molecule has 2 aromatic carbocycles. The average Bonchev–Trinajstić information content (AvgIpc) is 2.67. The molecule has 7 heteroatoms. The fraction of sp³-hybridized carbons (Fsp3) is 0.250. The molecule has 1 aliphatic rings. The fourth-order valence-corrected chi connectivity index (χ4v) is 3.15. The van der Waals surface area contributed by atoms with Gasteiger partial charge < -0.3 is 14.8 Å². The lowest BCUT2D eigenvalue weighted by atomic mass is 9.90. The lowest BCUT2D eigenvalue weighted by Gasteiger charge is -2.25. The number of esters is 1. The molecule has 140 valence electrons. The van der Waals surface area contributed by atoms with Crippen molar-refractivity contribution in [3.05, 3.63) is 58.6 Å². The van der Waals surface area contributed by atoms with E-state index in [1.165, 1.54) is 7.11 Å². The molecule has 27 heavy (non-hydrogen) atoms. The Kier molecular flexibility index (Phi) is 5.76. The number of rotatable bonds is 5. The summed E-state index contributed by atoms with van der Waals surface area (Å²) in [7, 11) is 1.24. The van der Waals surface area contributed by atoms with Gasteiger partial charge in [-0.3, -0.25) is 14.6 Å². The Labute approximate surface area is 162 Å². The highest BCUT2D eigenvalue weighted by Gasteiger charge is 2.39. The van der Waals surface area contributed by atoms with E-state index >= 15 is 0 Å². The molecule has 3 rings (SSSR count). The Bertz CT molecular complexity index is 911. The summed E-state index contributed by atoms with van der Waals surface area (Å²) in [5.41, 5.74) is 2.29. The number of hydrogen-bond acceptors (Lipinski definition) is 5. The molecule has 0 aromatic heterocycles. The molecule has 1 atom stereocenters. The van der Waals surface area contributed by atoms with Gasteiger partial charge in [0, 0.05) is 5.56 Å². The maximum Gasteiger partial charge on any atom is 0.324 e. The van der Waals surface area contributed by atoms with Crippen molar-refractivity contribution in [2.45, 2.75) is 13.5 Å². The van der Waals surface area contributed by atoms with Gasteiger partial charge in [0.2, 0.25) is 5.91 Å². The zero-order valence-corrected chi connectivity index (χ0v) is 15.7. The first-order chi connectivity index (χ1) is 13.0. The molecule has 1 amide bonds. The third-order valence-electron chi connectivity index (χ3n) is 4.15. The highest BCUT2D eigenvalue weighted by Crippen LogP contribution is 2.33. The van der Waals surface area contributed by atoms with E-state index in [4.69, 9.17) is 21.1 Å². The predicted octanol–water partition coefficient (Wildman–Crippen LogP) is 3.47. The normalized spacial score (nSPS) is 17.2. The third-order valence-corrected chi connectivity index (χ3v) is 4.47. The monoisotopic (exact) mass is 386 g/mol. The molecule has 1 heterocycles. The standard InChI is InChI=1S/C20H19ClN2O4/c1-3-27-13-7-4-6-12(10-13)11-22-18-14-8-5-9-15(21)17(14)23-19(24)16(18)20(25)26-2/h4-10,16H,3,11H2,1-2H3,(H,23,24). The van der Waals surface area contributed by atoms with Gasteiger partial charge >= 0.3 is 5.97 Å². The molecule has 0 fully saturated rings. The first-order valence-electron chi connectivity index (χ1n) is 8.48. The minimum atomic E-state index is -1.14. The van der Waals surface area contributed by atoms with Crippen molar-refractivity contribution in [3.8, 4) is 5.75 Å². The van der Waals surface area contributed by atoms with Crippen LogP contribution in [0.2, 0.25) is 5.02 Å². The zero-order valence-electron chi connectivity index (χ0n) is 15.0.